The fraction of sp³-hybridized carbons (Fsp3) is 0.529. The summed E-state index contributed by atoms with van der Waals surface area (Å²) in [6.45, 7) is 0. The molecular formula is C17H22N2O2. The van der Waals surface area contributed by atoms with Gasteiger partial charge in [-0.3, -0.25) is 9.69 Å². The SMILES string of the molecule is O=C1CCC(c2ccccc2)NC(=O)N1C1CCCCC1. The minimum atomic E-state index is -0.210. The summed E-state index contributed by atoms with van der Waals surface area (Å²) in [7, 11) is 0. The molecule has 1 aliphatic heterocycles. The van der Waals surface area contributed by atoms with Crippen LogP contribution in [-0.2, 0) is 4.79 Å². The lowest BCUT2D eigenvalue weighted by Gasteiger charge is -2.31. The quantitative estimate of drug-likeness (QED) is 0.906. The lowest BCUT2D eigenvalue weighted by atomic mass is 9.94. The first-order valence-corrected chi connectivity index (χ1v) is 7.93. The van der Waals surface area contributed by atoms with E-state index in [9.17, 15) is 9.59 Å². The highest BCUT2D eigenvalue weighted by Gasteiger charge is 2.34. The number of hydrogen-bond donors (Lipinski definition) is 1. The molecule has 0 radical (unpaired) electrons. The van der Waals surface area contributed by atoms with Gasteiger partial charge in [0.15, 0.2) is 0 Å². The van der Waals surface area contributed by atoms with Gasteiger partial charge in [0.1, 0.15) is 0 Å². The number of carbonyl (C=O) groups is 2. The highest BCUT2D eigenvalue weighted by molar-refractivity contribution is 5.95. The second kappa shape index (κ2) is 6.29. The standard InChI is InChI=1S/C17H22N2O2/c20-16-12-11-15(13-7-3-1-4-8-13)18-17(21)19(16)14-9-5-2-6-10-14/h1,3-4,7-8,14-15H,2,5-6,9-12H2,(H,18,21). The molecule has 0 aromatic heterocycles. The lowest BCUT2D eigenvalue weighted by Crippen LogP contribution is -2.48. The van der Waals surface area contributed by atoms with Gasteiger partial charge in [0.25, 0.3) is 0 Å². The van der Waals surface area contributed by atoms with Crippen molar-refractivity contribution in [3.05, 3.63) is 35.9 Å². The fourth-order valence-electron chi connectivity index (χ4n) is 3.44. The summed E-state index contributed by atoms with van der Waals surface area (Å²) in [5, 5.41) is 3.04. The maximum absolute atomic E-state index is 12.5. The summed E-state index contributed by atoms with van der Waals surface area (Å²) in [5.74, 6) is -0.0159. The van der Waals surface area contributed by atoms with Crippen LogP contribution in [0.5, 0.6) is 0 Å². The molecule has 1 saturated heterocycles. The van der Waals surface area contributed by atoms with Gasteiger partial charge in [0.2, 0.25) is 5.91 Å². The molecule has 1 heterocycles. The summed E-state index contributed by atoms with van der Waals surface area (Å²) >= 11 is 0. The largest absolute Gasteiger partial charge is 0.331 e. The smallest absolute Gasteiger partial charge is 0.324 e. The Hall–Kier alpha value is -1.84. The molecule has 0 bridgehead atoms. The van der Waals surface area contributed by atoms with Crippen molar-refractivity contribution in [2.75, 3.05) is 0 Å². The number of nitrogens with zero attached hydrogens (tertiary/aromatic N) is 1. The van der Waals surface area contributed by atoms with E-state index in [1.165, 1.54) is 11.3 Å². The van der Waals surface area contributed by atoms with Gasteiger partial charge >= 0.3 is 6.03 Å². The van der Waals surface area contributed by atoms with Gasteiger partial charge in [0.05, 0.1) is 6.04 Å². The maximum Gasteiger partial charge on any atom is 0.324 e. The molecule has 4 nitrogen and oxygen atoms in total. The molecule has 112 valence electrons. The summed E-state index contributed by atoms with van der Waals surface area (Å²) in [6.07, 6.45) is 6.47. The monoisotopic (exact) mass is 286 g/mol. The van der Waals surface area contributed by atoms with E-state index >= 15 is 0 Å². The third-order valence-electron chi connectivity index (χ3n) is 4.57. The number of carbonyl (C=O) groups excluding carboxylic acids is 2. The first kappa shape index (κ1) is 14.1. The van der Waals surface area contributed by atoms with E-state index in [1.54, 1.807) is 0 Å². The molecule has 3 rings (SSSR count). The molecule has 1 atom stereocenters. The molecule has 2 aliphatic rings. The van der Waals surface area contributed by atoms with Crippen LogP contribution in [0.25, 0.3) is 0 Å². The van der Waals surface area contributed by atoms with E-state index < -0.39 is 0 Å². The Kier molecular flexibility index (Phi) is 4.23. The molecule has 1 saturated carbocycles. The van der Waals surface area contributed by atoms with E-state index in [4.69, 9.17) is 0 Å². The zero-order valence-corrected chi connectivity index (χ0v) is 12.3. The molecule has 0 spiro atoms. The molecule has 4 heteroatoms. The van der Waals surface area contributed by atoms with Crippen molar-refractivity contribution in [1.82, 2.24) is 10.2 Å². The van der Waals surface area contributed by atoms with Gasteiger partial charge < -0.3 is 5.32 Å². The summed E-state index contributed by atoms with van der Waals surface area (Å²) in [5.41, 5.74) is 1.07. The molecule has 21 heavy (non-hydrogen) atoms. The number of amides is 3. The topological polar surface area (TPSA) is 49.4 Å². The van der Waals surface area contributed by atoms with Crippen molar-refractivity contribution in [2.24, 2.45) is 0 Å². The third kappa shape index (κ3) is 3.09. The average molecular weight is 286 g/mol. The van der Waals surface area contributed by atoms with Crippen LogP contribution in [0.1, 0.15) is 56.6 Å². The third-order valence-corrected chi connectivity index (χ3v) is 4.57. The summed E-state index contributed by atoms with van der Waals surface area (Å²) in [6, 6.07) is 9.73. The minimum absolute atomic E-state index is 0.0159. The van der Waals surface area contributed by atoms with Crippen molar-refractivity contribution in [2.45, 2.75) is 57.0 Å². The van der Waals surface area contributed by atoms with Crippen LogP contribution in [0.3, 0.4) is 0 Å². The predicted octanol–water partition coefficient (Wildman–Crippen LogP) is 3.39. The van der Waals surface area contributed by atoms with E-state index in [-0.39, 0.29) is 24.0 Å². The van der Waals surface area contributed by atoms with Crippen LogP contribution in [0.2, 0.25) is 0 Å². The number of hydrogen-bond acceptors (Lipinski definition) is 2. The van der Waals surface area contributed by atoms with E-state index in [2.05, 4.69) is 5.32 Å². The van der Waals surface area contributed by atoms with E-state index in [0.717, 1.165) is 31.2 Å². The van der Waals surface area contributed by atoms with Crippen LogP contribution < -0.4 is 5.32 Å². The highest BCUT2D eigenvalue weighted by atomic mass is 16.2. The lowest BCUT2D eigenvalue weighted by molar-refractivity contribution is -0.130. The predicted molar refractivity (Wildman–Crippen MR) is 80.7 cm³/mol. The van der Waals surface area contributed by atoms with E-state index in [1.807, 2.05) is 30.3 Å². The highest BCUT2D eigenvalue weighted by Crippen LogP contribution is 2.28. The number of imide groups is 1. The zero-order chi connectivity index (χ0) is 14.7. The van der Waals surface area contributed by atoms with Crippen molar-refractivity contribution in [1.29, 1.82) is 0 Å². The second-order valence-corrected chi connectivity index (χ2v) is 6.01. The Morgan fingerprint density at radius 2 is 1.67 bits per heavy atom. The van der Waals surface area contributed by atoms with E-state index in [0.29, 0.717) is 12.8 Å². The Balaban J connectivity index is 1.76. The van der Waals surface area contributed by atoms with Gasteiger partial charge in [-0.1, -0.05) is 49.6 Å². The van der Waals surface area contributed by atoms with Crippen LogP contribution in [0.15, 0.2) is 30.3 Å². The van der Waals surface area contributed by atoms with Gasteiger partial charge in [0, 0.05) is 12.5 Å². The van der Waals surface area contributed by atoms with Gasteiger partial charge in [-0.05, 0) is 24.8 Å². The normalized spacial score (nSPS) is 24.6. The Morgan fingerprint density at radius 1 is 0.952 bits per heavy atom. The molecule has 1 aromatic rings. The van der Waals surface area contributed by atoms with Crippen molar-refractivity contribution < 1.29 is 9.59 Å². The molecule has 2 fully saturated rings. The van der Waals surface area contributed by atoms with Crippen LogP contribution in [-0.4, -0.2) is 22.9 Å². The number of benzene rings is 1. The van der Waals surface area contributed by atoms with Crippen molar-refractivity contribution >= 4 is 11.9 Å². The second-order valence-electron chi connectivity index (χ2n) is 6.01. The molecule has 1 unspecified atom stereocenters. The minimum Gasteiger partial charge on any atom is -0.331 e. The van der Waals surface area contributed by atoms with Crippen LogP contribution >= 0.6 is 0 Å². The summed E-state index contributed by atoms with van der Waals surface area (Å²) < 4.78 is 0. The van der Waals surface area contributed by atoms with Crippen LogP contribution in [0.4, 0.5) is 4.79 Å². The maximum atomic E-state index is 12.5. The van der Waals surface area contributed by atoms with Crippen molar-refractivity contribution in [3.63, 3.8) is 0 Å². The summed E-state index contributed by atoms with van der Waals surface area (Å²) in [4.78, 5) is 26.4. The molecular weight excluding hydrogens is 264 g/mol. The molecule has 1 aliphatic carbocycles. The van der Waals surface area contributed by atoms with Gasteiger partial charge in [-0.2, -0.15) is 0 Å². The molecule has 1 N–H and O–H groups in total. The first-order valence-electron chi connectivity index (χ1n) is 7.93. The van der Waals surface area contributed by atoms with Crippen molar-refractivity contribution in [3.8, 4) is 0 Å². The van der Waals surface area contributed by atoms with Crippen LogP contribution in [0, 0.1) is 0 Å². The molecule has 1 aromatic carbocycles. The van der Waals surface area contributed by atoms with Gasteiger partial charge in [-0.25, -0.2) is 4.79 Å². The zero-order valence-electron chi connectivity index (χ0n) is 12.3. The number of rotatable bonds is 2. The first-order chi connectivity index (χ1) is 10.3. The Morgan fingerprint density at radius 3 is 2.38 bits per heavy atom. The number of nitrogens with one attached hydrogen (secondary N) is 1. The number of urea groups is 1. The fourth-order valence-corrected chi connectivity index (χ4v) is 3.44. The average Bonchev–Trinajstić information content (AvgIpc) is 2.67. The van der Waals surface area contributed by atoms with Gasteiger partial charge in [-0.15, -0.1) is 0 Å². The molecule has 3 amide bonds. The Bertz CT molecular complexity index is 509. The Labute approximate surface area is 125 Å².